The third-order valence-electron chi connectivity index (χ3n) is 6.52. The fraction of sp³-hybridized carbons (Fsp3) is 0.444. The number of ether oxygens (including phenoxy) is 1. The molecule has 2 aliphatic rings. The van der Waals surface area contributed by atoms with E-state index in [2.05, 4.69) is 51.3 Å². The molecular formula is C27H33N3O2S. The zero-order valence-electron chi connectivity index (χ0n) is 19.6. The molecule has 1 aliphatic heterocycles. The Morgan fingerprint density at radius 2 is 1.76 bits per heavy atom. The molecule has 1 aliphatic carbocycles. The zero-order valence-corrected chi connectivity index (χ0v) is 20.4. The molecule has 0 unspecified atom stereocenters. The van der Waals surface area contributed by atoms with Gasteiger partial charge in [0.05, 0.1) is 23.4 Å². The van der Waals surface area contributed by atoms with Crippen molar-refractivity contribution in [1.82, 2.24) is 8.87 Å². The first-order valence-electron chi connectivity index (χ1n) is 12.0. The Morgan fingerprint density at radius 1 is 1.03 bits per heavy atom. The van der Waals surface area contributed by atoms with Gasteiger partial charge in [-0.15, -0.1) is 0 Å². The van der Waals surface area contributed by atoms with Crippen molar-refractivity contribution in [3.05, 3.63) is 48.0 Å². The monoisotopic (exact) mass is 463 g/mol. The summed E-state index contributed by atoms with van der Waals surface area (Å²) in [6.07, 6.45) is 7.53. The Morgan fingerprint density at radius 3 is 2.36 bits per heavy atom. The van der Waals surface area contributed by atoms with Crippen LogP contribution in [-0.2, 0) is 0 Å². The van der Waals surface area contributed by atoms with Crippen LogP contribution in [0.2, 0.25) is 0 Å². The highest BCUT2D eigenvalue weighted by atomic mass is 32.2. The molecule has 1 saturated heterocycles. The summed E-state index contributed by atoms with van der Waals surface area (Å²) in [7, 11) is 1.00. The fourth-order valence-electron chi connectivity index (χ4n) is 4.75. The van der Waals surface area contributed by atoms with Crippen LogP contribution in [0.15, 0.2) is 47.4 Å². The molecule has 174 valence electrons. The molecule has 3 aromatic rings. The minimum absolute atomic E-state index is 0.457. The van der Waals surface area contributed by atoms with E-state index in [0.29, 0.717) is 12.6 Å². The molecule has 0 atom stereocenters. The number of rotatable bonds is 6. The van der Waals surface area contributed by atoms with E-state index in [-0.39, 0.29) is 0 Å². The number of aromatic nitrogens is 1. The summed E-state index contributed by atoms with van der Waals surface area (Å²) in [5.74, 6) is 0.873. The van der Waals surface area contributed by atoms with Crippen LogP contribution in [0.4, 0.5) is 0 Å². The fourth-order valence-corrected chi connectivity index (χ4v) is 5.74. The van der Waals surface area contributed by atoms with Crippen molar-refractivity contribution < 1.29 is 9.84 Å². The molecule has 5 rings (SSSR count). The van der Waals surface area contributed by atoms with Crippen LogP contribution < -0.4 is 4.74 Å². The quantitative estimate of drug-likeness (QED) is 0.428. The molecule has 0 radical (unpaired) electrons. The van der Waals surface area contributed by atoms with E-state index in [1.807, 2.05) is 24.9 Å². The van der Waals surface area contributed by atoms with Crippen LogP contribution in [-0.4, -0.2) is 40.8 Å². The maximum absolute atomic E-state index is 10.1. The molecule has 1 N–H and O–H groups in total. The third kappa shape index (κ3) is 4.91. The summed E-state index contributed by atoms with van der Waals surface area (Å²) in [5, 5.41) is 18.1. The molecule has 6 heteroatoms. The molecule has 5 nitrogen and oxygen atoms in total. The minimum atomic E-state index is 0.457. The van der Waals surface area contributed by atoms with Crippen molar-refractivity contribution in [3.8, 4) is 23.1 Å². The van der Waals surface area contributed by atoms with Crippen molar-refractivity contribution in [3.63, 3.8) is 0 Å². The van der Waals surface area contributed by atoms with Crippen LogP contribution >= 0.6 is 11.9 Å². The van der Waals surface area contributed by atoms with Crippen LogP contribution in [0, 0.1) is 11.3 Å². The number of nitriles is 1. The molecular weight excluding hydrogens is 430 g/mol. The number of aliphatic hydroxyl groups is 1. The standard InChI is InChI=1S/C26H29N3OS.CH4O/c1-2-30-21-11-14-23-24(18-27)26(29(25(23)17-21)20-7-6-8-20)19-9-12-22(13-10-19)31-28-15-4-3-5-16-28;1-2/h9-14,17,20H,2-8,15-16H2,1H3;2H,1H3. The highest BCUT2D eigenvalue weighted by Crippen LogP contribution is 2.43. The first-order chi connectivity index (χ1) is 16.3. The van der Waals surface area contributed by atoms with E-state index < -0.39 is 0 Å². The zero-order chi connectivity index (χ0) is 23.2. The summed E-state index contributed by atoms with van der Waals surface area (Å²) >= 11 is 1.86. The van der Waals surface area contributed by atoms with Crippen LogP contribution in [0.1, 0.15) is 57.1 Å². The number of piperidine rings is 1. The summed E-state index contributed by atoms with van der Waals surface area (Å²) in [6.45, 7) is 4.99. The lowest BCUT2D eigenvalue weighted by Gasteiger charge is -2.30. The topological polar surface area (TPSA) is 61.4 Å². The van der Waals surface area contributed by atoms with Gasteiger partial charge >= 0.3 is 0 Å². The van der Waals surface area contributed by atoms with Crippen molar-refractivity contribution in [2.75, 3.05) is 26.8 Å². The van der Waals surface area contributed by atoms with Gasteiger partial charge in [0.1, 0.15) is 11.8 Å². The molecule has 1 aromatic heterocycles. The van der Waals surface area contributed by atoms with Gasteiger partial charge in [0, 0.05) is 42.6 Å². The summed E-state index contributed by atoms with van der Waals surface area (Å²) in [5.41, 5.74) is 4.08. The normalized spacial score (nSPS) is 16.5. The van der Waals surface area contributed by atoms with Gasteiger partial charge in [-0.1, -0.05) is 18.6 Å². The van der Waals surface area contributed by atoms with Crippen LogP contribution in [0.3, 0.4) is 0 Å². The predicted molar refractivity (Wildman–Crippen MR) is 136 cm³/mol. The van der Waals surface area contributed by atoms with E-state index in [0.717, 1.165) is 40.6 Å². The van der Waals surface area contributed by atoms with E-state index in [9.17, 15) is 5.26 Å². The molecule has 0 spiro atoms. The third-order valence-corrected chi connectivity index (χ3v) is 7.62. The highest BCUT2D eigenvalue weighted by molar-refractivity contribution is 7.97. The second-order valence-corrected chi connectivity index (χ2v) is 9.68. The largest absolute Gasteiger partial charge is 0.494 e. The van der Waals surface area contributed by atoms with Gasteiger partial charge in [-0.3, -0.25) is 0 Å². The predicted octanol–water partition coefficient (Wildman–Crippen LogP) is 6.41. The van der Waals surface area contributed by atoms with Gasteiger partial charge < -0.3 is 14.4 Å². The van der Waals surface area contributed by atoms with E-state index in [1.54, 1.807) is 0 Å². The molecule has 2 fully saturated rings. The molecule has 0 bridgehead atoms. The minimum Gasteiger partial charge on any atom is -0.494 e. The average Bonchev–Trinajstić information content (AvgIpc) is 3.14. The summed E-state index contributed by atoms with van der Waals surface area (Å²) in [4.78, 5) is 1.27. The van der Waals surface area contributed by atoms with Gasteiger partial charge in [-0.05, 0) is 80.8 Å². The lowest BCUT2D eigenvalue weighted by molar-refractivity contribution is 0.322. The molecule has 1 saturated carbocycles. The first-order valence-corrected chi connectivity index (χ1v) is 12.7. The van der Waals surface area contributed by atoms with Gasteiger partial charge in [0.2, 0.25) is 0 Å². The molecule has 2 heterocycles. The summed E-state index contributed by atoms with van der Waals surface area (Å²) in [6, 6.07) is 17.9. The van der Waals surface area contributed by atoms with E-state index >= 15 is 0 Å². The number of hydrogen-bond donors (Lipinski definition) is 1. The molecule has 2 aromatic carbocycles. The highest BCUT2D eigenvalue weighted by Gasteiger charge is 2.28. The van der Waals surface area contributed by atoms with Crippen molar-refractivity contribution >= 4 is 22.9 Å². The number of hydrogen-bond acceptors (Lipinski definition) is 5. The number of nitrogens with zero attached hydrogens (tertiary/aromatic N) is 3. The Hall–Kier alpha value is -2.46. The van der Waals surface area contributed by atoms with Crippen molar-refractivity contribution in [1.29, 1.82) is 5.26 Å². The number of aliphatic hydroxyl groups excluding tert-OH is 1. The Balaban J connectivity index is 0.00000126. The van der Waals surface area contributed by atoms with Gasteiger partial charge in [-0.2, -0.15) is 5.26 Å². The van der Waals surface area contributed by atoms with Gasteiger partial charge in [0.25, 0.3) is 0 Å². The maximum atomic E-state index is 10.1. The second kappa shape index (κ2) is 11.1. The van der Waals surface area contributed by atoms with Crippen LogP contribution in [0.25, 0.3) is 22.2 Å². The average molecular weight is 464 g/mol. The maximum Gasteiger partial charge on any atom is 0.121 e. The lowest BCUT2D eigenvalue weighted by atomic mass is 9.92. The lowest BCUT2D eigenvalue weighted by Crippen LogP contribution is -2.22. The Labute approximate surface area is 201 Å². The second-order valence-electron chi connectivity index (χ2n) is 8.51. The smallest absolute Gasteiger partial charge is 0.121 e. The Bertz CT molecular complexity index is 1110. The SMILES string of the molecule is CCOc1ccc2c(C#N)c(-c3ccc(SN4CCCCC4)cc3)n(C3CCC3)c2c1.CO. The van der Waals surface area contributed by atoms with E-state index in [1.165, 1.54) is 56.5 Å². The van der Waals surface area contributed by atoms with Crippen molar-refractivity contribution in [2.45, 2.75) is 56.4 Å². The molecule has 33 heavy (non-hydrogen) atoms. The Kier molecular flexibility index (Phi) is 7.97. The summed E-state index contributed by atoms with van der Waals surface area (Å²) < 4.78 is 10.7. The van der Waals surface area contributed by atoms with E-state index in [4.69, 9.17) is 9.84 Å². The number of benzene rings is 2. The number of fused-ring (bicyclic) bond motifs is 1. The first kappa shape index (κ1) is 23.7. The van der Waals surface area contributed by atoms with Crippen molar-refractivity contribution in [2.24, 2.45) is 0 Å². The van der Waals surface area contributed by atoms with Gasteiger partial charge in [0.15, 0.2) is 0 Å². The van der Waals surface area contributed by atoms with Crippen LogP contribution in [0.5, 0.6) is 5.75 Å². The molecule has 0 amide bonds. The van der Waals surface area contributed by atoms with Gasteiger partial charge in [-0.25, -0.2) is 4.31 Å².